The lowest BCUT2D eigenvalue weighted by Gasteiger charge is -2.18. The van der Waals surface area contributed by atoms with E-state index in [-0.39, 0.29) is 5.91 Å². The first-order valence-electron chi connectivity index (χ1n) is 9.11. The number of nitrogens with zero attached hydrogens (tertiary/aromatic N) is 2. The number of hydrogen-bond donors (Lipinski definition) is 0. The molecule has 0 N–H and O–H groups in total. The van der Waals surface area contributed by atoms with Crippen molar-refractivity contribution < 1.29 is 19.0 Å². The quantitative estimate of drug-likeness (QED) is 0.532. The van der Waals surface area contributed by atoms with E-state index in [2.05, 4.69) is 4.99 Å². The molecule has 0 fully saturated rings. The van der Waals surface area contributed by atoms with Gasteiger partial charge >= 0.3 is 0 Å². The van der Waals surface area contributed by atoms with Gasteiger partial charge in [0.15, 0.2) is 16.3 Å². The average Bonchev–Trinajstić information content (AvgIpc) is 3.04. The van der Waals surface area contributed by atoms with Crippen LogP contribution in [-0.2, 0) is 11.3 Å². The summed E-state index contributed by atoms with van der Waals surface area (Å²) >= 11 is 13.9. The molecule has 29 heavy (non-hydrogen) atoms. The summed E-state index contributed by atoms with van der Waals surface area (Å²) in [6.07, 6.45) is 0. The maximum Gasteiger partial charge on any atom is 0.279 e. The van der Waals surface area contributed by atoms with E-state index in [4.69, 9.17) is 37.4 Å². The van der Waals surface area contributed by atoms with E-state index in [0.29, 0.717) is 64.9 Å². The molecule has 4 rings (SSSR count). The van der Waals surface area contributed by atoms with Gasteiger partial charge in [0, 0.05) is 23.7 Å². The van der Waals surface area contributed by atoms with Crippen molar-refractivity contribution in [3.63, 3.8) is 0 Å². The van der Waals surface area contributed by atoms with E-state index < -0.39 is 0 Å². The van der Waals surface area contributed by atoms with Gasteiger partial charge in [-0.05, 0) is 37.3 Å². The number of benzene rings is 2. The molecule has 0 atom stereocenters. The highest BCUT2D eigenvalue weighted by molar-refractivity contribution is 7.16. The maximum atomic E-state index is 12.9. The smallest absolute Gasteiger partial charge is 0.279 e. The molecule has 3 aromatic rings. The number of halogens is 2. The Balaban J connectivity index is 1.77. The Labute approximate surface area is 181 Å². The Bertz CT molecular complexity index is 1140. The largest absolute Gasteiger partial charge is 0.486 e. The predicted molar refractivity (Wildman–Crippen MR) is 114 cm³/mol. The lowest BCUT2D eigenvalue weighted by Crippen LogP contribution is -2.20. The summed E-state index contributed by atoms with van der Waals surface area (Å²) in [6.45, 7) is 4.48. The molecule has 0 aliphatic carbocycles. The Morgan fingerprint density at radius 1 is 1.21 bits per heavy atom. The van der Waals surface area contributed by atoms with Crippen molar-refractivity contribution in [2.45, 2.75) is 13.5 Å². The zero-order chi connectivity index (χ0) is 20.4. The fourth-order valence-corrected chi connectivity index (χ4v) is 4.89. The third-order valence-corrected chi connectivity index (χ3v) is 5.88. The fourth-order valence-electron chi connectivity index (χ4n) is 3.05. The van der Waals surface area contributed by atoms with Crippen LogP contribution >= 0.6 is 34.5 Å². The van der Waals surface area contributed by atoms with Crippen LogP contribution < -0.4 is 14.3 Å². The lowest BCUT2D eigenvalue weighted by molar-refractivity contribution is 0.0995. The van der Waals surface area contributed by atoms with Gasteiger partial charge in [0.25, 0.3) is 5.91 Å². The number of rotatable bonds is 5. The van der Waals surface area contributed by atoms with Crippen molar-refractivity contribution in [1.29, 1.82) is 0 Å². The molecule has 2 aromatic carbocycles. The van der Waals surface area contributed by atoms with Crippen LogP contribution in [0.25, 0.3) is 10.2 Å². The van der Waals surface area contributed by atoms with Crippen LogP contribution in [0.1, 0.15) is 17.3 Å². The summed E-state index contributed by atoms with van der Waals surface area (Å²) in [5.41, 5.74) is 1.21. The van der Waals surface area contributed by atoms with E-state index in [1.54, 1.807) is 24.3 Å². The highest BCUT2D eigenvalue weighted by Crippen LogP contribution is 2.32. The summed E-state index contributed by atoms with van der Waals surface area (Å²) in [5, 5.41) is 1.04. The normalized spacial score (nSPS) is 13.8. The zero-order valence-electron chi connectivity index (χ0n) is 15.6. The minimum Gasteiger partial charge on any atom is -0.486 e. The zero-order valence-corrected chi connectivity index (χ0v) is 17.9. The number of thiazole rings is 1. The molecule has 1 aliphatic heterocycles. The molecule has 2 heterocycles. The van der Waals surface area contributed by atoms with Gasteiger partial charge in [0.2, 0.25) is 0 Å². The standard InChI is InChI=1S/C20H18Cl2N2O4S/c1-2-26-6-5-24-18-14(22)10-13(21)11-17(18)29-20(24)23-19(25)12-3-4-15-16(9-12)28-8-7-27-15/h3-4,9-11H,2,5-8H2,1H3. The van der Waals surface area contributed by atoms with Crippen LogP contribution in [0.4, 0.5) is 0 Å². The van der Waals surface area contributed by atoms with Crippen molar-refractivity contribution in [2.75, 3.05) is 26.4 Å². The highest BCUT2D eigenvalue weighted by Gasteiger charge is 2.16. The molecule has 0 bridgehead atoms. The van der Waals surface area contributed by atoms with Crippen LogP contribution in [0.5, 0.6) is 11.5 Å². The van der Waals surface area contributed by atoms with Crippen LogP contribution in [-0.4, -0.2) is 36.9 Å². The lowest BCUT2D eigenvalue weighted by atomic mass is 10.2. The molecule has 0 saturated carbocycles. The minimum atomic E-state index is -0.374. The third kappa shape index (κ3) is 4.28. The molecule has 152 valence electrons. The molecule has 1 aromatic heterocycles. The number of aromatic nitrogens is 1. The monoisotopic (exact) mass is 452 g/mol. The summed E-state index contributed by atoms with van der Waals surface area (Å²) in [6, 6.07) is 8.56. The van der Waals surface area contributed by atoms with Crippen molar-refractivity contribution in [1.82, 2.24) is 4.57 Å². The summed E-state index contributed by atoms with van der Waals surface area (Å²) in [7, 11) is 0. The molecule has 0 unspecified atom stereocenters. The van der Waals surface area contributed by atoms with Gasteiger partial charge < -0.3 is 18.8 Å². The molecular weight excluding hydrogens is 435 g/mol. The SMILES string of the molecule is CCOCCn1c(=NC(=O)c2ccc3c(c2)OCCO3)sc2cc(Cl)cc(Cl)c21. The number of ether oxygens (including phenoxy) is 3. The maximum absolute atomic E-state index is 12.9. The van der Waals surface area contributed by atoms with Crippen molar-refractivity contribution in [3.05, 3.63) is 50.7 Å². The van der Waals surface area contributed by atoms with Crippen molar-refractivity contribution in [2.24, 2.45) is 4.99 Å². The number of hydrogen-bond acceptors (Lipinski definition) is 5. The predicted octanol–water partition coefficient (Wildman–Crippen LogP) is 4.56. The Hall–Kier alpha value is -2.06. The second kappa shape index (κ2) is 8.75. The first-order valence-corrected chi connectivity index (χ1v) is 10.7. The van der Waals surface area contributed by atoms with E-state index in [0.717, 1.165) is 10.2 Å². The van der Waals surface area contributed by atoms with Gasteiger partial charge in [-0.15, -0.1) is 0 Å². The van der Waals surface area contributed by atoms with E-state index in [9.17, 15) is 4.79 Å². The fraction of sp³-hybridized carbons (Fsp3) is 0.300. The Kier molecular flexibility index (Phi) is 6.10. The summed E-state index contributed by atoms with van der Waals surface area (Å²) in [4.78, 5) is 17.7. The molecule has 9 heteroatoms. The molecule has 0 spiro atoms. The topological polar surface area (TPSA) is 62.1 Å². The van der Waals surface area contributed by atoms with E-state index in [1.165, 1.54) is 11.3 Å². The minimum absolute atomic E-state index is 0.374. The molecule has 0 radical (unpaired) electrons. The molecule has 1 amide bonds. The van der Waals surface area contributed by atoms with Crippen molar-refractivity contribution in [3.8, 4) is 11.5 Å². The second-order valence-corrected chi connectivity index (χ2v) is 8.10. The van der Waals surface area contributed by atoms with Crippen LogP contribution in [0.2, 0.25) is 10.0 Å². The summed E-state index contributed by atoms with van der Waals surface area (Å²) in [5.74, 6) is 0.802. The number of amides is 1. The van der Waals surface area contributed by atoms with Gasteiger partial charge in [0.1, 0.15) is 13.2 Å². The van der Waals surface area contributed by atoms with Gasteiger partial charge in [-0.3, -0.25) is 4.79 Å². The first kappa shape index (κ1) is 20.2. The van der Waals surface area contributed by atoms with Crippen molar-refractivity contribution >= 4 is 50.7 Å². The van der Waals surface area contributed by atoms with Gasteiger partial charge in [-0.1, -0.05) is 34.5 Å². The first-order chi connectivity index (χ1) is 14.1. The molecule has 0 saturated heterocycles. The third-order valence-electron chi connectivity index (χ3n) is 4.34. The van der Waals surface area contributed by atoms with Gasteiger partial charge in [-0.2, -0.15) is 4.99 Å². The Morgan fingerprint density at radius 2 is 2.00 bits per heavy atom. The van der Waals surface area contributed by atoms with Crippen LogP contribution in [0.3, 0.4) is 0 Å². The van der Waals surface area contributed by atoms with Crippen LogP contribution in [0, 0.1) is 0 Å². The Morgan fingerprint density at radius 3 is 2.79 bits per heavy atom. The second-order valence-electron chi connectivity index (χ2n) is 6.24. The molecular formula is C20H18Cl2N2O4S. The number of carbonyl (C=O) groups is 1. The summed E-state index contributed by atoms with van der Waals surface area (Å²) < 4.78 is 19.3. The van der Waals surface area contributed by atoms with E-state index >= 15 is 0 Å². The van der Waals surface area contributed by atoms with E-state index in [1.807, 2.05) is 17.6 Å². The van der Waals surface area contributed by atoms with Gasteiger partial charge in [0.05, 0.1) is 21.8 Å². The number of carbonyl (C=O) groups excluding carboxylic acids is 1. The number of fused-ring (bicyclic) bond motifs is 2. The van der Waals surface area contributed by atoms with Gasteiger partial charge in [-0.25, -0.2) is 0 Å². The molecule has 1 aliphatic rings. The van der Waals surface area contributed by atoms with Crippen LogP contribution in [0.15, 0.2) is 35.3 Å². The molecule has 6 nitrogen and oxygen atoms in total. The highest BCUT2D eigenvalue weighted by atomic mass is 35.5. The average molecular weight is 453 g/mol.